The van der Waals surface area contributed by atoms with Gasteiger partial charge < -0.3 is 10.2 Å². The molecule has 1 aromatic heterocycles. The number of aromatic nitrogens is 2. The molecule has 6 heteroatoms. The number of hydrogen-bond donors (Lipinski definition) is 1. The fraction of sp³-hybridized carbons (Fsp3) is 0.360. The van der Waals surface area contributed by atoms with Gasteiger partial charge in [0.15, 0.2) is 0 Å². The summed E-state index contributed by atoms with van der Waals surface area (Å²) in [5.74, 6) is -0.0498. The Morgan fingerprint density at radius 2 is 1.68 bits per heavy atom. The van der Waals surface area contributed by atoms with E-state index in [0.29, 0.717) is 12.1 Å². The molecule has 4 rings (SSSR count). The van der Waals surface area contributed by atoms with Crippen LogP contribution in [0.25, 0.3) is 5.69 Å². The molecule has 31 heavy (non-hydrogen) atoms. The van der Waals surface area contributed by atoms with E-state index in [1.54, 1.807) is 6.20 Å². The Morgan fingerprint density at radius 3 is 2.42 bits per heavy atom. The van der Waals surface area contributed by atoms with Gasteiger partial charge in [-0.25, -0.2) is 4.68 Å². The zero-order chi connectivity index (χ0) is 21.6. The van der Waals surface area contributed by atoms with Crippen molar-refractivity contribution in [3.8, 4) is 5.69 Å². The number of rotatable bonds is 7. The summed E-state index contributed by atoms with van der Waals surface area (Å²) in [6.45, 7) is 9.89. The lowest BCUT2D eigenvalue weighted by molar-refractivity contribution is 0.0951. The van der Waals surface area contributed by atoms with E-state index in [1.165, 1.54) is 5.69 Å². The predicted octanol–water partition coefficient (Wildman–Crippen LogP) is 3.43. The van der Waals surface area contributed by atoms with Crippen molar-refractivity contribution in [2.24, 2.45) is 0 Å². The van der Waals surface area contributed by atoms with Crippen LogP contribution in [0.2, 0.25) is 0 Å². The van der Waals surface area contributed by atoms with Crippen molar-refractivity contribution in [1.82, 2.24) is 20.0 Å². The molecule has 0 saturated carbocycles. The van der Waals surface area contributed by atoms with Crippen LogP contribution >= 0.6 is 0 Å². The molecule has 0 spiro atoms. The number of para-hydroxylation sites is 2. The van der Waals surface area contributed by atoms with Crippen LogP contribution in [0.15, 0.2) is 60.8 Å². The second-order valence-corrected chi connectivity index (χ2v) is 8.12. The van der Waals surface area contributed by atoms with Crippen molar-refractivity contribution in [3.63, 3.8) is 0 Å². The smallest absolute Gasteiger partial charge is 0.254 e. The van der Waals surface area contributed by atoms with E-state index in [1.807, 2.05) is 29.8 Å². The Hall–Kier alpha value is -3.12. The van der Waals surface area contributed by atoms with Crippen molar-refractivity contribution in [1.29, 1.82) is 0 Å². The lowest BCUT2D eigenvalue weighted by Crippen LogP contribution is -2.47. The summed E-state index contributed by atoms with van der Waals surface area (Å²) in [5.41, 5.74) is 4.95. The van der Waals surface area contributed by atoms with E-state index in [2.05, 4.69) is 63.5 Å². The van der Waals surface area contributed by atoms with Gasteiger partial charge in [-0.2, -0.15) is 5.10 Å². The Kier molecular flexibility index (Phi) is 6.67. The summed E-state index contributed by atoms with van der Waals surface area (Å²) in [5, 5.41) is 7.51. The molecule has 0 atom stereocenters. The normalized spacial score (nSPS) is 14.6. The number of benzene rings is 2. The monoisotopic (exact) mass is 417 g/mol. The first kappa shape index (κ1) is 21.1. The number of carbonyl (C=O) groups excluding carboxylic acids is 1. The number of piperazine rings is 1. The molecule has 1 aliphatic rings. The lowest BCUT2D eigenvalue weighted by Gasteiger charge is -2.36. The molecule has 1 amide bonds. The molecular formula is C25H31N5O. The maximum absolute atomic E-state index is 12.7. The summed E-state index contributed by atoms with van der Waals surface area (Å²) in [4.78, 5) is 17.6. The van der Waals surface area contributed by atoms with Crippen LogP contribution in [-0.4, -0.2) is 59.9 Å². The van der Waals surface area contributed by atoms with Gasteiger partial charge in [-0.3, -0.25) is 9.69 Å². The van der Waals surface area contributed by atoms with Crippen molar-refractivity contribution in [2.45, 2.75) is 20.3 Å². The zero-order valence-corrected chi connectivity index (χ0v) is 18.4. The average molecular weight is 418 g/mol. The highest BCUT2D eigenvalue weighted by molar-refractivity contribution is 5.95. The number of nitrogens with zero attached hydrogens (tertiary/aromatic N) is 4. The molecule has 162 valence electrons. The minimum absolute atomic E-state index is 0.0498. The first-order chi connectivity index (χ1) is 15.1. The zero-order valence-electron chi connectivity index (χ0n) is 18.4. The third kappa shape index (κ3) is 4.97. The number of hydrogen-bond acceptors (Lipinski definition) is 4. The number of aryl methyl sites for hydroxylation is 1. The maximum atomic E-state index is 12.7. The SMILES string of the molecule is Cc1ccccc1-n1ncc(C(=O)NCCCN2CCN(c3ccccc3)CC2)c1C. The summed E-state index contributed by atoms with van der Waals surface area (Å²) in [7, 11) is 0. The molecule has 3 aromatic rings. The van der Waals surface area contributed by atoms with E-state index in [9.17, 15) is 4.79 Å². The first-order valence-electron chi connectivity index (χ1n) is 11.0. The van der Waals surface area contributed by atoms with Crippen LogP contribution in [-0.2, 0) is 0 Å². The maximum Gasteiger partial charge on any atom is 0.254 e. The fourth-order valence-electron chi connectivity index (χ4n) is 4.14. The van der Waals surface area contributed by atoms with Gasteiger partial charge in [0.25, 0.3) is 5.91 Å². The van der Waals surface area contributed by atoms with Crippen molar-refractivity contribution >= 4 is 11.6 Å². The van der Waals surface area contributed by atoms with E-state index in [0.717, 1.165) is 56.1 Å². The predicted molar refractivity (Wildman–Crippen MR) is 125 cm³/mol. The molecule has 0 aliphatic carbocycles. The van der Waals surface area contributed by atoms with E-state index < -0.39 is 0 Å². The highest BCUT2D eigenvalue weighted by Gasteiger charge is 2.18. The minimum Gasteiger partial charge on any atom is -0.369 e. The Labute approximate surface area is 184 Å². The highest BCUT2D eigenvalue weighted by atomic mass is 16.1. The van der Waals surface area contributed by atoms with Crippen LogP contribution in [0.1, 0.15) is 28.0 Å². The Bertz CT molecular complexity index is 1010. The number of amides is 1. The fourth-order valence-corrected chi connectivity index (χ4v) is 4.14. The van der Waals surface area contributed by atoms with E-state index in [-0.39, 0.29) is 5.91 Å². The molecular weight excluding hydrogens is 386 g/mol. The first-order valence-corrected chi connectivity index (χ1v) is 11.0. The summed E-state index contributed by atoms with van der Waals surface area (Å²) in [6.07, 6.45) is 2.61. The molecule has 1 fully saturated rings. The van der Waals surface area contributed by atoms with Crippen LogP contribution in [0.4, 0.5) is 5.69 Å². The molecule has 1 aliphatic heterocycles. The second-order valence-electron chi connectivity index (χ2n) is 8.12. The van der Waals surface area contributed by atoms with E-state index >= 15 is 0 Å². The largest absolute Gasteiger partial charge is 0.369 e. The van der Waals surface area contributed by atoms with Crippen LogP contribution in [0.3, 0.4) is 0 Å². The van der Waals surface area contributed by atoms with Crippen molar-refractivity contribution < 1.29 is 4.79 Å². The summed E-state index contributed by atoms with van der Waals surface area (Å²) in [6, 6.07) is 18.7. The van der Waals surface area contributed by atoms with Gasteiger partial charge in [0, 0.05) is 38.4 Å². The average Bonchev–Trinajstić information content (AvgIpc) is 3.19. The van der Waals surface area contributed by atoms with Gasteiger partial charge in [-0.05, 0) is 50.6 Å². The van der Waals surface area contributed by atoms with Gasteiger partial charge in [0.2, 0.25) is 0 Å². The molecule has 2 heterocycles. The van der Waals surface area contributed by atoms with Gasteiger partial charge in [-0.1, -0.05) is 36.4 Å². The number of anilines is 1. The third-order valence-corrected chi connectivity index (χ3v) is 6.03. The highest BCUT2D eigenvalue weighted by Crippen LogP contribution is 2.18. The topological polar surface area (TPSA) is 53.4 Å². The number of carbonyl (C=O) groups is 1. The molecule has 0 bridgehead atoms. The summed E-state index contributed by atoms with van der Waals surface area (Å²) < 4.78 is 1.84. The Morgan fingerprint density at radius 1 is 0.968 bits per heavy atom. The number of nitrogens with one attached hydrogen (secondary N) is 1. The van der Waals surface area contributed by atoms with Gasteiger partial charge in [0.05, 0.1) is 23.1 Å². The Balaban J connectivity index is 1.22. The van der Waals surface area contributed by atoms with Crippen LogP contribution in [0.5, 0.6) is 0 Å². The second kappa shape index (κ2) is 9.79. The molecule has 0 radical (unpaired) electrons. The van der Waals surface area contributed by atoms with Gasteiger partial charge >= 0.3 is 0 Å². The standard InChI is InChI=1S/C25H31N5O/c1-20-9-6-7-12-24(20)30-21(2)23(19-27-30)25(31)26-13-8-14-28-15-17-29(18-16-28)22-10-4-3-5-11-22/h3-7,9-12,19H,8,13-18H2,1-2H3,(H,26,31). The van der Waals surface area contributed by atoms with Gasteiger partial charge in [-0.15, -0.1) is 0 Å². The molecule has 2 aromatic carbocycles. The lowest BCUT2D eigenvalue weighted by atomic mass is 10.2. The molecule has 1 N–H and O–H groups in total. The molecule has 0 unspecified atom stereocenters. The molecule has 6 nitrogen and oxygen atoms in total. The van der Waals surface area contributed by atoms with E-state index in [4.69, 9.17) is 0 Å². The molecule has 1 saturated heterocycles. The van der Waals surface area contributed by atoms with Crippen LogP contribution in [0, 0.1) is 13.8 Å². The third-order valence-electron chi connectivity index (χ3n) is 6.03. The summed E-state index contributed by atoms with van der Waals surface area (Å²) >= 11 is 0. The quantitative estimate of drug-likeness (QED) is 0.599. The minimum atomic E-state index is -0.0498. The van der Waals surface area contributed by atoms with Crippen molar-refractivity contribution in [3.05, 3.63) is 77.6 Å². The van der Waals surface area contributed by atoms with Crippen LogP contribution < -0.4 is 10.2 Å². The van der Waals surface area contributed by atoms with Gasteiger partial charge in [0.1, 0.15) is 0 Å². The van der Waals surface area contributed by atoms with Crippen molar-refractivity contribution in [2.75, 3.05) is 44.2 Å².